The van der Waals surface area contributed by atoms with Crippen molar-refractivity contribution in [3.8, 4) is 0 Å². The molecule has 0 radical (unpaired) electrons. The van der Waals surface area contributed by atoms with Gasteiger partial charge in [0, 0.05) is 24.0 Å². The zero-order valence-electron chi connectivity index (χ0n) is 12.3. The van der Waals surface area contributed by atoms with Gasteiger partial charge < -0.3 is 9.84 Å². The van der Waals surface area contributed by atoms with Gasteiger partial charge in [-0.05, 0) is 49.1 Å². The molecule has 0 amide bonds. The zero-order chi connectivity index (χ0) is 14.7. The van der Waals surface area contributed by atoms with E-state index in [-0.39, 0.29) is 12.5 Å². The second kappa shape index (κ2) is 6.90. The lowest BCUT2D eigenvalue weighted by Crippen LogP contribution is -2.40. The molecule has 116 valence electrons. The first kappa shape index (κ1) is 15.0. The molecule has 4 nitrogen and oxygen atoms in total. The Balaban J connectivity index is 1.49. The van der Waals surface area contributed by atoms with E-state index < -0.39 is 5.97 Å². The average molecular weight is 309 g/mol. The van der Waals surface area contributed by atoms with Crippen molar-refractivity contribution in [1.82, 2.24) is 4.90 Å². The van der Waals surface area contributed by atoms with Crippen molar-refractivity contribution < 1.29 is 14.6 Å². The summed E-state index contributed by atoms with van der Waals surface area (Å²) in [5.74, 6) is -0.778. The summed E-state index contributed by atoms with van der Waals surface area (Å²) in [5.41, 5.74) is 1.55. The molecule has 3 rings (SSSR count). The molecule has 1 N–H and O–H groups in total. The first-order chi connectivity index (χ1) is 10.2. The predicted molar refractivity (Wildman–Crippen MR) is 82.8 cm³/mol. The van der Waals surface area contributed by atoms with Gasteiger partial charge in [0.15, 0.2) is 0 Å². The SMILES string of the molecule is O=C(O)CCOC1CCN(C2CCCc3sccc32)CC1. The molecule has 21 heavy (non-hydrogen) atoms. The molecule has 5 heteroatoms. The molecule has 0 aromatic carbocycles. The van der Waals surface area contributed by atoms with Crippen LogP contribution in [0.4, 0.5) is 0 Å². The van der Waals surface area contributed by atoms with Gasteiger partial charge in [0.2, 0.25) is 0 Å². The number of hydrogen-bond donors (Lipinski definition) is 1. The molecule has 1 saturated heterocycles. The number of carboxylic acid groups (broad SMARTS) is 1. The molecule has 1 aromatic heterocycles. The summed E-state index contributed by atoms with van der Waals surface area (Å²) >= 11 is 1.90. The predicted octanol–water partition coefficient (Wildman–Crippen LogP) is 3.08. The highest BCUT2D eigenvalue weighted by molar-refractivity contribution is 7.10. The van der Waals surface area contributed by atoms with Crippen molar-refractivity contribution in [1.29, 1.82) is 0 Å². The van der Waals surface area contributed by atoms with Crippen LogP contribution in [0.1, 0.15) is 48.6 Å². The fourth-order valence-electron chi connectivity index (χ4n) is 3.51. The van der Waals surface area contributed by atoms with E-state index in [1.807, 2.05) is 11.3 Å². The van der Waals surface area contributed by atoms with Crippen LogP contribution in [0, 0.1) is 0 Å². The van der Waals surface area contributed by atoms with E-state index in [2.05, 4.69) is 16.3 Å². The third-order valence-electron chi connectivity index (χ3n) is 4.61. The number of thiophene rings is 1. The van der Waals surface area contributed by atoms with Crippen LogP contribution < -0.4 is 0 Å². The van der Waals surface area contributed by atoms with E-state index in [0.717, 1.165) is 25.9 Å². The lowest BCUT2D eigenvalue weighted by molar-refractivity contribution is -0.138. The maximum Gasteiger partial charge on any atom is 0.305 e. The lowest BCUT2D eigenvalue weighted by Gasteiger charge is -2.39. The van der Waals surface area contributed by atoms with Crippen molar-refractivity contribution >= 4 is 17.3 Å². The number of nitrogens with zero attached hydrogens (tertiary/aromatic N) is 1. The molecular formula is C16H23NO3S. The number of aryl methyl sites for hydroxylation is 1. The minimum atomic E-state index is -0.778. The van der Waals surface area contributed by atoms with E-state index in [1.165, 1.54) is 19.3 Å². The molecule has 0 saturated carbocycles. The first-order valence-electron chi connectivity index (χ1n) is 7.88. The molecule has 2 heterocycles. The Bertz CT molecular complexity index is 480. The van der Waals surface area contributed by atoms with Crippen LogP contribution in [-0.4, -0.2) is 41.8 Å². The maximum absolute atomic E-state index is 10.5. The summed E-state index contributed by atoms with van der Waals surface area (Å²) < 4.78 is 5.68. The van der Waals surface area contributed by atoms with Gasteiger partial charge in [-0.1, -0.05) is 0 Å². The summed E-state index contributed by atoms with van der Waals surface area (Å²) in [7, 11) is 0. The van der Waals surface area contributed by atoms with Crippen LogP contribution in [0.25, 0.3) is 0 Å². The molecule has 1 aliphatic heterocycles. The molecule has 1 unspecified atom stereocenters. The van der Waals surface area contributed by atoms with Crippen LogP contribution in [-0.2, 0) is 16.0 Å². The number of hydrogen-bond acceptors (Lipinski definition) is 4. The maximum atomic E-state index is 10.5. The van der Waals surface area contributed by atoms with Crippen molar-refractivity contribution in [3.05, 3.63) is 21.9 Å². The highest BCUT2D eigenvalue weighted by Gasteiger charge is 2.30. The third-order valence-corrected chi connectivity index (χ3v) is 5.60. The van der Waals surface area contributed by atoms with Crippen molar-refractivity contribution in [2.75, 3.05) is 19.7 Å². The lowest BCUT2D eigenvalue weighted by atomic mass is 9.91. The van der Waals surface area contributed by atoms with Gasteiger partial charge in [-0.3, -0.25) is 9.69 Å². The van der Waals surface area contributed by atoms with Gasteiger partial charge in [-0.15, -0.1) is 11.3 Å². The van der Waals surface area contributed by atoms with Gasteiger partial charge in [-0.25, -0.2) is 0 Å². The topological polar surface area (TPSA) is 49.8 Å². The quantitative estimate of drug-likeness (QED) is 0.908. The number of piperidine rings is 1. The zero-order valence-corrected chi connectivity index (χ0v) is 13.1. The number of ether oxygens (including phenoxy) is 1. The normalized spacial score (nSPS) is 23.9. The van der Waals surface area contributed by atoms with Crippen LogP contribution in [0.2, 0.25) is 0 Å². The van der Waals surface area contributed by atoms with Gasteiger partial charge in [0.25, 0.3) is 0 Å². The van der Waals surface area contributed by atoms with Crippen LogP contribution in [0.3, 0.4) is 0 Å². The van der Waals surface area contributed by atoms with Gasteiger partial charge in [0.05, 0.1) is 19.1 Å². The molecule has 1 aromatic rings. The Kier molecular flexibility index (Phi) is 4.93. The Morgan fingerprint density at radius 3 is 2.95 bits per heavy atom. The van der Waals surface area contributed by atoms with Crippen LogP contribution in [0.5, 0.6) is 0 Å². The Labute approximate surface area is 129 Å². The number of carbonyl (C=O) groups is 1. The Morgan fingerprint density at radius 2 is 2.19 bits per heavy atom. The van der Waals surface area contributed by atoms with Crippen molar-refractivity contribution in [3.63, 3.8) is 0 Å². The van der Waals surface area contributed by atoms with Gasteiger partial charge >= 0.3 is 5.97 Å². The van der Waals surface area contributed by atoms with E-state index in [0.29, 0.717) is 12.6 Å². The summed E-state index contributed by atoms with van der Waals surface area (Å²) in [4.78, 5) is 14.7. The van der Waals surface area contributed by atoms with Gasteiger partial charge in [-0.2, -0.15) is 0 Å². The monoisotopic (exact) mass is 309 g/mol. The number of fused-ring (bicyclic) bond motifs is 1. The number of likely N-dealkylation sites (tertiary alicyclic amines) is 1. The molecule has 1 atom stereocenters. The second-order valence-corrected chi connectivity index (χ2v) is 6.96. The highest BCUT2D eigenvalue weighted by atomic mass is 32.1. The number of rotatable bonds is 5. The van der Waals surface area contributed by atoms with E-state index >= 15 is 0 Å². The summed E-state index contributed by atoms with van der Waals surface area (Å²) in [6, 6.07) is 2.90. The van der Waals surface area contributed by atoms with E-state index in [4.69, 9.17) is 9.84 Å². The smallest absolute Gasteiger partial charge is 0.305 e. The largest absolute Gasteiger partial charge is 0.481 e. The molecule has 0 bridgehead atoms. The van der Waals surface area contributed by atoms with Gasteiger partial charge in [0.1, 0.15) is 0 Å². The number of aliphatic carboxylic acids is 1. The van der Waals surface area contributed by atoms with Crippen LogP contribution in [0.15, 0.2) is 11.4 Å². The fourth-order valence-corrected chi connectivity index (χ4v) is 4.49. The second-order valence-electron chi connectivity index (χ2n) is 5.96. The fraction of sp³-hybridized carbons (Fsp3) is 0.688. The Hall–Kier alpha value is -0.910. The molecule has 0 spiro atoms. The van der Waals surface area contributed by atoms with E-state index in [9.17, 15) is 4.79 Å². The minimum Gasteiger partial charge on any atom is -0.481 e. The summed E-state index contributed by atoms with van der Waals surface area (Å²) in [6.07, 6.45) is 6.22. The van der Waals surface area contributed by atoms with Crippen LogP contribution >= 0.6 is 11.3 Å². The Morgan fingerprint density at radius 1 is 1.38 bits per heavy atom. The summed E-state index contributed by atoms with van der Waals surface area (Å²) in [5, 5.41) is 10.9. The molecule has 2 aliphatic rings. The van der Waals surface area contributed by atoms with Crippen molar-refractivity contribution in [2.24, 2.45) is 0 Å². The average Bonchev–Trinajstić information content (AvgIpc) is 2.96. The molecular weight excluding hydrogens is 286 g/mol. The standard InChI is InChI=1S/C16H23NO3S/c18-16(19)6-10-20-12-4-8-17(9-5-12)14-2-1-3-15-13(14)7-11-21-15/h7,11-12,14H,1-6,8-10H2,(H,18,19). The van der Waals surface area contributed by atoms with E-state index in [1.54, 1.807) is 10.4 Å². The number of carboxylic acids is 1. The minimum absolute atomic E-state index is 0.112. The molecule has 1 fully saturated rings. The van der Waals surface area contributed by atoms with Crippen molar-refractivity contribution in [2.45, 2.75) is 50.7 Å². The third kappa shape index (κ3) is 3.65. The highest BCUT2D eigenvalue weighted by Crippen LogP contribution is 2.38. The molecule has 1 aliphatic carbocycles. The first-order valence-corrected chi connectivity index (χ1v) is 8.75. The summed E-state index contributed by atoms with van der Waals surface area (Å²) in [6.45, 7) is 2.48.